The van der Waals surface area contributed by atoms with Crippen LogP contribution in [0.2, 0.25) is 0 Å². The highest BCUT2D eigenvalue weighted by molar-refractivity contribution is 9.09. The van der Waals surface area contributed by atoms with Crippen molar-refractivity contribution in [3.63, 3.8) is 0 Å². The number of rotatable bonds is 7. The van der Waals surface area contributed by atoms with Crippen molar-refractivity contribution in [3.8, 4) is 0 Å². The predicted octanol–water partition coefficient (Wildman–Crippen LogP) is 3.29. The summed E-state index contributed by atoms with van der Waals surface area (Å²) < 4.78 is 0. The number of hydrogen-bond acceptors (Lipinski definition) is 2. The van der Waals surface area contributed by atoms with Gasteiger partial charge in [-0.15, -0.1) is 0 Å². The van der Waals surface area contributed by atoms with Crippen molar-refractivity contribution in [1.29, 1.82) is 0 Å². The number of nitrogens with one attached hydrogen (secondary N) is 1. The lowest BCUT2D eigenvalue weighted by Gasteiger charge is -2.13. The van der Waals surface area contributed by atoms with E-state index in [0.717, 1.165) is 36.0 Å². The Morgan fingerprint density at radius 2 is 2.16 bits per heavy atom. The molecule has 0 radical (unpaired) electrons. The molecule has 0 bridgehead atoms. The van der Waals surface area contributed by atoms with E-state index >= 15 is 0 Å². The molecule has 0 spiro atoms. The molecule has 1 unspecified atom stereocenters. The summed E-state index contributed by atoms with van der Waals surface area (Å²) in [4.78, 5) is 14.0. The smallest absolute Gasteiger partial charge is 0.251 e. The third-order valence-electron chi connectivity index (χ3n) is 3.05. The molecule has 0 saturated heterocycles. The Balaban J connectivity index is 2.43. The van der Waals surface area contributed by atoms with Gasteiger partial charge in [-0.05, 0) is 37.0 Å². The molecule has 4 heteroatoms. The minimum absolute atomic E-state index is 0.00944. The normalized spacial score (nSPS) is 12.0. The summed E-state index contributed by atoms with van der Waals surface area (Å²) in [5, 5.41) is 3.99. The van der Waals surface area contributed by atoms with Crippen molar-refractivity contribution in [1.82, 2.24) is 5.32 Å². The summed E-state index contributed by atoms with van der Waals surface area (Å²) >= 11 is 3.46. The average Bonchev–Trinajstić information content (AvgIpc) is 2.43. The number of carbonyl (C=O) groups is 1. The largest absolute Gasteiger partial charge is 0.378 e. The van der Waals surface area contributed by atoms with Gasteiger partial charge < -0.3 is 10.2 Å². The van der Waals surface area contributed by atoms with Crippen molar-refractivity contribution in [2.24, 2.45) is 5.92 Å². The first-order valence-corrected chi connectivity index (χ1v) is 7.78. The van der Waals surface area contributed by atoms with Crippen LogP contribution in [0.15, 0.2) is 24.3 Å². The standard InChI is InChI=1S/C15H23BrN2O/c1-12(11-16)6-5-9-17-15(19)13-7-4-8-14(10-13)18(2)3/h4,7-8,10,12H,5-6,9,11H2,1-3H3,(H,17,19). The van der Waals surface area contributed by atoms with Crippen molar-refractivity contribution in [3.05, 3.63) is 29.8 Å². The van der Waals surface area contributed by atoms with Gasteiger partial charge >= 0.3 is 0 Å². The van der Waals surface area contributed by atoms with E-state index in [1.807, 2.05) is 43.3 Å². The van der Waals surface area contributed by atoms with Crippen LogP contribution in [-0.2, 0) is 0 Å². The van der Waals surface area contributed by atoms with Crippen LogP contribution >= 0.6 is 15.9 Å². The molecule has 1 aromatic carbocycles. The second kappa shape index (κ2) is 8.20. The minimum Gasteiger partial charge on any atom is -0.378 e. The zero-order valence-electron chi connectivity index (χ0n) is 11.9. The van der Waals surface area contributed by atoms with Gasteiger partial charge in [0.25, 0.3) is 5.91 Å². The molecular formula is C15H23BrN2O. The highest BCUT2D eigenvalue weighted by atomic mass is 79.9. The Morgan fingerprint density at radius 1 is 1.42 bits per heavy atom. The molecule has 0 aliphatic rings. The first-order valence-electron chi connectivity index (χ1n) is 6.66. The van der Waals surface area contributed by atoms with Crippen LogP contribution in [0.5, 0.6) is 0 Å². The van der Waals surface area contributed by atoms with Crippen LogP contribution in [0.3, 0.4) is 0 Å². The van der Waals surface area contributed by atoms with E-state index < -0.39 is 0 Å². The number of hydrogen-bond donors (Lipinski definition) is 1. The molecule has 1 aromatic rings. The summed E-state index contributed by atoms with van der Waals surface area (Å²) in [5.41, 5.74) is 1.76. The quantitative estimate of drug-likeness (QED) is 0.616. The molecule has 0 aliphatic heterocycles. The van der Waals surface area contributed by atoms with Gasteiger partial charge in [0.05, 0.1) is 0 Å². The van der Waals surface area contributed by atoms with E-state index in [0.29, 0.717) is 5.92 Å². The van der Waals surface area contributed by atoms with E-state index in [4.69, 9.17) is 0 Å². The molecule has 1 rings (SSSR count). The molecule has 0 saturated carbocycles. The van der Waals surface area contributed by atoms with Crippen molar-refractivity contribution in [2.75, 3.05) is 30.9 Å². The Morgan fingerprint density at radius 3 is 2.79 bits per heavy atom. The lowest BCUT2D eigenvalue weighted by Crippen LogP contribution is -2.25. The summed E-state index contributed by atoms with van der Waals surface area (Å²) in [6, 6.07) is 7.67. The fraction of sp³-hybridized carbons (Fsp3) is 0.533. The zero-order chi connectivity index (χ0) is 14.3. The first-order chi connectivity index (χ1) is 9.04. The SMILES string of the molecule is CC(CBr)CCCNC(=O)c1cccc(N(C)C)c1. The van der Waals surface area contributed by atoms with Crippen LogP contribution in [0.4, 0.5) is 5.69 Å². The fourth-order valence-electron chi connectivity index (χ4n) is 1.76. The number of nitrogens with zero attached hydrogens (tertiary/aromatic N) is 1. The second-order valence-electron chi connectivity index (χ2n) is 5.10. The number of benzene rings is 1. The Bertz CT molecular complexity index is 407. The summed E-state index contributed by atoms with van der Waals surface area (Å²) in [5.74, 6) is 0.671. The van der Waals surface area contributed by atoms with Crippen LogP contribution in [0.1, 0.15) is 30.1 Å². The molecule has 3 nitrogen and oxygen atoms in total. The molecule has 106 valence electrons. The second-order valence-corrected chi connectivity index (χ2v) is 5.75. The van der Waals surface area contributed by atoms with Gasteiger partial charge in [-0.3, -0.25) is 4.79 Å². The number of anilines is 1. The number of amides is 1. The predicted molar refractivity (Wildman–Crippen MR) is 85.3 cm³/mol. The van der Waals surface area contributed by atoms with Gasteiger partial charge in [-0.25, -0.2) is 0 Å². The molecule has 0 aromatic heterocycles. The minimum atomic E-state index is 0.00944. The maximum absolute atomic E-state index is 12.0. The number of alkyl halides is 1. The topological polar surface area (TPSA) is 32.3 Å². The van der Waals surface area contributed by atoms with Crippen LogP contribution < -0.4 is 10.2 Å². The highest BCUT2D eigenvalue weighted by Crippen LogP contribution is 2.13. The van der Waals surface area contributed by atoms with E-state index in [2.05, 4.69) is 28.2 Å². The van der Waals surface area contributed by atoms with E-state index in [1.165, 1.54) is 0 Å². The summed E-state index contributed by atoms with van der Waals surface area (Å²) in [6.07, 6.45) is 2.15. The molecular weight excluding hydrogens is 304 g/mol. The van der Waals surface area contributed by atoms with Gasteiger partial charge in [-0.1, -0.05) is 28.9 Å². The fourth-order valence-corrected chi connectivity index (χ4v) is 2.08. The Hall–Kier alpha value is -1.03. The average molecular weight is 327 g/mol. The zero-order valence-corrected chi connectivity index (χ0v) is 13.5. The van der Waals surface area contributed by atoms with E-state index in [-0.39, 0.29) is 5.91 Å². The molecule has 0 heterocycles. The van der Waals surface area contributed by atoms with E-state index in [1.54, 1.807) is 0 Å². The van der Waals surface area contributed by atoms with Gasteiger partial charge in [-0.2, -0.15) is 0 Å². The molecule has 1 N–H and O–H groups in total. The highest BCUT2D eigenvalue weighted by Gasteiger charge is 2.06. The molecule has 1 amide bonds. The molecule has 0 fully saturated rings. The van der Waals surface area contributed by atoms with Crippen LogP contribution in [0.25, 0.3) is 0 Å². The third kappa shape index (κ3) is 5.64. The lowest BCUT2D eigenvalue weighted by atomic mass is 10.1. The van der Waals surface area contributed by atoms with E-state index in [9.17, 15) is 4.79 Å². The first kappa shape index (κ1) is 16.0. The van der Waals surface area contributed by atoms with Crippen molar-refractivity contribution >= 4 is 27.5 Å². The monoisotopic (exact) mass is 326 g/mol. The number of carbonyl (C=O) groups excluding carboxylic acids is 1. The van der Waals surface area contributed by atoms with Crippen LogP contribution in [-0.4, -0.2) is 31.9 Å². The summed E-state index contributed by atoms with van der Waals surface area (Å²) in [7, 11) is 3.94. The number of halogens is 1. The van der Waals surface area contributed by atoms with Crippen LogP contribution in [0, 0.1) is 5.92 Å². The molecule has 0 aliphatic carbocycles. The maximum atomic E-state index is 12.0. The van der Waals surface area contributed by atoms with Crippen molar-refractivity contribution in [2.45, 2.75) is 19.8 Å². The van der Waals surface area contributed by atoms with Crippen molar-refractivity contribution < 1.29 is 4.79 Å². The van der Waals surface area contributed by atoms with Gasteiger partial charge in [0.2, 0.25) is 0 Å². The lowest BCUT2D eigenvalue weighted by molar-refractivity contribution is 0.0952. The third-order valence-corrected chi connectivity index (χ3v) is 4.15. The Labute approximate surface area is 124 Å². The maximum Gasteiger partial charge on any atom is 0.251 e. The molecule has 1 atom stereocenters. The molecule has 19 heavy (non-hydrogen) atoms. The van der Waals surface area contributed by atoms with Gasteiger partial charge in [0.1, 0.15) is 0 Å². The summed E-state index contributed by atoms with van der Waals surface area (Å²) in [6.45, 7) is 2.94. The van der Waals surface area contributed by atoms with Gasteiger partial charge in [0, 0.05) is 37.2 Å². The Kier molecular flexibility index (Phi) is 6.92. The van der Waals surface area contributed by atoms with Gasteiger partial charge in [0.15, 0.2) is 0 Å².